The zero-order chi connectivity index (χ0) is 14.5. The quantitative estimate of drug-likeness (QED) is 0.690. The van der Waals surface area contributed by atoms with Crippen molar-refractivity contribution in [2.24, 2.45) is 5.41 Å². The Morgan fingerprint density at radius 2 is 2.11 bits per heavy atom. The van der Waals surface area contributed by atoms with Gasteiger partial charge in [-0.1, -0.05) is 19.9 Å². The Morgan fingerprint density at radius 3 is 2.63 bits per heavy atom. The molecule has 0 radical (unpaired) electrons. The molecule has 0 spiro atoms. The smallest absolute Gasteiger partial charge is 0.244 e. The van der Waals surface area contributed by atoms with Gasteiger partial charge in [-0.3, -0.25) is 9.59 Å². The van der Waals surface area contributed by atoms with Crippen LogP contribution in [0.25, 0.3) is 0 Å². The molecule has 108 valence electrons. The van der Waals surface area contributed by atoms with Gasteiger partial charge in [0.15, 0.2) is 0 Å². The molecule has 1 saturated heterocycles. The van der Waals surface area contributed by atoms with Crippen molar-refractivity contribution >= 4 is 11.8 Å². The molecule has 0 aromatic rings. The van der Waals surface area contributed by atoms with Gasteiger partial charge in [-0.05, 0) is 26.9 Å². The largest absolute Gasteiger partial charge is 0.354 e. The van der Waals surface area contributed by atoms with Crippen molar-refractivity contribution in [2.45, 2.75) is 32.7 Å². The Morgan fingerprint density at radius 1 is 1.47 bits per heavy atom. The molecular formula is C14H25N3O2. The summed E-state index contributed by atoms with van der Waals surface area (Å²) in [4.78, 5) is 25.7. The highest BCUT2D eigenvalue weighted by Crippen LogP contribution is 2.33. The normalized spacial score (nSPS) is 21.9. The van der Waals surface area contributed by atoms with Crippen molar-refractivity contribution in [3.8, 4) is 0 Å². The van der Waals surface area contributed by atoms with Crippen LogP contribution in [0.15, 0.2) is 12.2 Å². The molecule has 0 aromatic carbocycles. The number of hydrogen-bond acceptors (Lipinski definition) is 3. The van der Waals surface area contributed by atoms with E-state index >= 15 is 0 Å². The highest BCUT2D eigenvalue weighted by Gasteiger charge is 2.46. The molecule has 19 heavy (non-hydrogen) atoms. The summed E-state index contributed by atoms with van der Waals surface area (Å²) in [7, 11) is 3.87. The Labute approximate surface area is 115 Å². The first kappa shape index (κ1) is 15.7. The Bertz CT molecular complexity index is 360. The first-order chi connectivity index (χ1) is 8.95. The lowest BCUT2D eigenvalue weighted by Gasteiger charge is -2.30. The number of rotatable bonds is 6. The van der Waals surface area contributed by atoms with Gasteiger partial charge in [-0.15, -0.1) is 0 Å². The van der Waals surface area contributed by atoms with Crippen LogP contribution in [-0.4, -0.2) is 49.9 Å². The van der Waals surface area contributed by atoms with Gasteiger partial charge in [0.1, 0.15) is 6.04 Å². The fraction of sp³-hybridized carbons (Fsp3) is 0.714. The highest BCUT2D eigenvalue weighted by atomic mass is 16.2. The van der Waals surface area contributed by atoms with Gasteiger partial charge in [0.25, 0.3) is 0 Å². The minimum atomic E-state index is -0.418. The van der Waals surface area contributed by atoms with Crippen molar-refractivity contribution in [3.63, 3.8) is 0 Å². The van der Waals surface area contributed by atoms with Crippen LogP contribution in [0.5, 0.6) is 0 Å². The van der Waals surface area contributed by atoms with Crippen LogP contribution in [-0.2, 0) is 9.59 Å². The lowest BCUT2D eigenvalue weighted by Crippen LogP contribution is -2.48. The predicted molar refractivity (Wildman–Crippen MR) is 75.6 cm³/mol. The first-order valence-electron chi connectivity index (χ1n) is 6.84. The summed E-state index contributed by atoms with van der Waals surface area (Å²) in [5.74, 6) is -0.270. The monoisotopic (exact) mass is 267 g/mol. The van der Waals surface area contributed by atoms with Gasteiger partial charge in [0.05, 0.1) is 0 Å². The first-order valence-corrected chi connectivity index (χ1v) is 6.84. The maximum absolute atomic E-state index is 11.9. The molecule has 1 heterocycles. The maximum atomic E-state index is 11.9. The van der Waals surface area contributed by atoms with Gasteiger partial charge >= 0.3 is 0 Å². The molecule has 0 aromatic heterocycles. The molecule has 1 unspecified atom stereocenters. The van der Waals surface area contributed by atoms with E-state index in [9.17, 15) is 9.59 Å². The van der Waals surface area contributed by atoms with Crippen LogP contribution < -0.4 is 10.6 Å². The SMILES string of the molecule is CCC1(CC)CNC(=O)C1NC(=O)/C=C/CN(C)C. The topological polar surface area (TPSA) is 61.4 Å². The summed E-state index contributed by atoms with van der Waals surface area (Å²) in [6.45, 7) is 5.47. The van der Waals surface area contributed by atoms with Crippen molar-refractivity contribution in [1.82, 2.24) is 15.5 Å². The molecule has 2 amide bonds. The maximum Gasteiger partial charge on any atom is 0.244 e. The third-order valence-corrected chi connectivity index (χ3v) is 3.92. The van der Waals surface area contributed by atoms with Crippen LogP contribution in [0.3, 0.4) is 0 Å². The molecular weight excluding hydrogens is 242 g/mol. The molecule has 1 aliphatic heterocycles. The van der Waals surface area contributed by atoms with Crippen LogP contribution >= 0.6 is 0 Å². The van der Waals surface area contributed by atoms with E-state index < -0.39 is 6.04 Å². The molecule has 1 rings (SSSR count). The van der Waals surface area contributed by atoms with Crippen LogP contribution in [0.4, 0.5) is 0 Å². The summed E-state index contributed by atoms with van der Waals surface area (Å²) < 4.78 is 0. The van der Waals surface area contributed by atoms with E-state index in [4.69, 9.17) is 0 Å². The van der Waals surface area contributed by atoms with Crippen molar-refractivity contribution < 1.29 is 9.59 Å². The van der Waals surface area contributed by atoms with Crippen LogP contribution in [0.2, 0.25) is 0 Å². The third-order valence-electron chi connectivity index (χ3n) is 3.92. The molecule has 0 aliphatic carbocycles. The second-order valence-corrected chi connectivity index (χ2v) is 5.39. The summed E-state index contributed by atoms with van der Waals surface area (Å²) in [5.41, 5.74) is -0.151. The average molecular weight is 267 g/mol. The Hall–Kier alpha value is -1.36. The molecule has 5 nitrogen and oxygen atoms in total. The van der Waals surface area contributed by atoms with E-state index in [1.165, 1.54) is 6.08 Å². The number of nitrogens with one attached hydrogen (secondary N) is 2. The lowest BCUT2D eigenvalue weighted by atomic mass is 9.77. The van der Waals surface area contributed by atoms with E-state index in [0.29, 0.717) is 13.1 Å². The number of carbonyl (C=O) groups excluding carboxylic acids is 2. The average Bonchev–Trinajstić information content (AvgIpc) is 2.67. The number of hydrogen-bond donors (Lipinski definition) is 2. The third kappa shape index (κ3) is 3.80. The summed E-state index contributed by atoms with van der Waals surface area (Å²) in [5, 5.41) is 5.69. The van der Waals surface area contributed by atoms with E-state index in [1.807, 2.05) is 19.0 Å². The Balaban J connectivity index is 2.65. The van der Waals surface area contributed by atoms with Crippen molar-refractivity contribution in [3.05, 3.63) is 12.2 Å². The van der Waals surface area contributed by atoms with Crippen LogP contribution in [0, 0.1) is 5.41 Å². The van der Waals surface area contributed by atoms with Crippen molar-refractivity contribution in [2.75, 3.05) is 27.2 Å². The van der Waals surface area contributed by atoms with Gasteiger partial charge in [0, 0.05) is 24.6 Å². The zero-order valence-electron chi connectivity index (χ0n) is 12.3. The van der Waals surface area contributed by atoms with Crippen LogP contribution in [0.1, 0.15) is 26.7 Å². The minimum Gasteiger partial charge on any atom is -0.354 e. The van der Waals surface area contributed by atoms with E-state index in [1.54, 1.807) is 6.08 Å². The second-order valence-electron chi connectivity index (χ2n) is 5.39. The standard InChI is InChI=1S/C14H25N3O2/c1-5-14(6-2)10-15-13(19)12(14)16-11(18)8-7-9-17(3)4/h7-8,12H,5-6,9-10H2,1-4H3,(H,15,19)(H,16,18)/b8-7+. The molecule has 2 N–H and O–H groups in total. The molecule has 1 fully saturated rings. The fourth-order valence-corrected chi connectivity index (χ4v) is 2.43. The van der Waals surface area contributed by atoms with E-state index in [0.717, 1.165) is 12.8 Å². The molecule has 5 heteroatoms. The zero-order valence-corrected chi connectivity index (χ0v) is 12.3. The summed E-state index contributed by atoms with van der Waals surface area (Å²) in [6.07, 6.45) is 5.03. The highest BCUT2D eigenvalue weighted by molar-refractivity contribution is 5.94. The molecule has 0 saturated carbocycles. The fourth-order valence-electron chi connectivity index (χ4n) is 2.43. The predicted octanol–water partition coefficient (Wildman–Crippen LogP) is 0.525. The molecule has 0 bridgehead atoms. The minimum absolute atomic E-state index is 0.0712. The second kappa shape index (κ2) is 6.70. The summed E-state index contributed by atoms with van der Waals surface area (Å²) >= 11 is 0. The number of amides is 2. The summed E-state index contributed by atoms with van der Waals surface area (Å²) in [6, 6.07) is -0.418. The lowest BCUT2D eigenvalue weighted by molar-refractivity contribution is -0.126. The molecule has 1 atom stereocenters. The number of carbonyl (C=O) groups is 2. The number of nitrogens with zero attached hydrogens (tertiary/aromatic N) is 1. The van der Waals surface area contributed by atoms with Gasteiger partial charge < -0.3 is 15.5 Å². The van der Waals surface area contributed by atoms with E-state index in [2.05, 4.69) is 24.5 Å². The molecule has 1 aliphatic rings. The Kier molecular flexibility index (Phi) is 5.54. The number of likely N-dealkylation sites (N-methyl/N-ethyl adjacent to an activating group) is 1. The van der Waals surface area contributed by atoms with E-state index in [-0.39, 0.29) is 17.2 Å². The van der Waals surface area contributed by atoms with Gasteiger partial charge in [-0.25, -0.2) is 0 Å². The van der Waals surface area contributed by atoms with Gasteiger partial charge in [-0.2, -0.15) is 0 Å². The van der Waals surface area contributed by atoms with Gasteiger partial charge in [0.2, 0.25) is 11.8 Å². The van der Waals surface area contributed by atoms with Crippen molar-refractivity contribution in [1.29, 1.82) is 0 Å².